The van der Waals surface area contributed by atoms with Crippen LogP contribution < -0.4 is 9.47 Å². The van der Waals surface area contributed by atoms with E-state index in [9.17, 15) is 4.79 Å². The maximum absolute atomic E-state index is 10.5. The Bertz CT molecular complexity index is 269. The van der Waals surface area contributed by atoms with Crippen LogP contribution in [0, 0.1) is 0 Å². The Morgan fingerprint density at radius 1 is 1.15 bits per heavy atom. The average molecular weight is 189 g/mol. The van der Waals surface area contributed by atoms with E-state index in [1.807, 2.05) is 0 Å². The van der Waals surface area contributed by atoms with Crippen molar-refractivity contribution in [2.45, 2.75) is 6.92 Å². The van der Waals surface area contributed by atoms with E-state index in [0.29, 0.717) is 5.75 Å². The van der Waals surface area contributed by atoms with E-state index in [4.69, 9.17) is 9.47 Å². The summed E-state index contributed by atoms with van der Waals surface area (Å²) >= 11 is 0. The topological polar surface area (TPSA) is 35.5 Å². The number of hydrogen-bond acceptors (Lipinski definition) is 3. The number of rotatable bonds is 2. The number of carbonyl (C=O) groups excluding carboxylic acids is 1. The maximum atomic E-state index is 10.5. The fourth-order valence-electron chi connectivity index (χ4n) is 0.810. The molecule has 0 atom stereocenters. The Balaban J connectivity index is 0.00000144. The number of benzene rings is 1. The van der Waals surface area contributed by atoms with Crippen molar-refractivity contribution < 1.29 is 14.3 Å². The van der Waals surface area contributed by atoms with Gasteiger partial charge in [0.1, 0.15) is 11.5 Å². The van der Waals surface area contributed by atoms with E-state index in [2.05, 4.69) is 0 Å². The summed E-state index contributed by atoms with van der Waals surface area (Å²) in [4.78, 5) is 10.5. The van der Waals surface area contributed by atoms with Gasteiger partial charge in [0.15, 0.2) is 0 Å². The Hall–Kier alpha value is -0.510. The van der Waals surface area contributed by atoms with Crippen molar-refractivity contribution in [2.75, 3.05) is 7.11 Å². The van der Waals surface area contributed by atoms with Gasteiger partial charge >= 0.3 is 5.97 Å². The van der Waals surface area contributed by atoms with Gasteiger partial charge in [0, 0.05) is 36.5 Å². The van der Waals surface area contributed by atoms with Gasteiger partial charge in [-0.15, -0.1) is 0 Å². The van der Waals surface area contributed by atoms with Crippen LogP contribution in [0.5, 0.6) is 11.5 Å². The minimum Gasteiger partial charge on any atom is -0.497 e. The number of hydrogen-bond donors (Lipinski definition) is 0. The van der Waals surface area contributed by atoms with E-state index >= 15 is 0 Å². The van der Waals surface area contributed by atoms with Crippen LogP contribution in [0.15, 0.2) is 24.3 Å². The first kappa shape index (κ1) is 12.5. The summed E-state index contributed by atoms with van der Waals surface area (Å²) in [5.74, 6) is 0.953. The van der Waals surface area contributed by atoms with Crippen LogP contribution in [-0.2, 0) is 4.79 Å². The van der Waals surface area contributed by atoms with Crippen molar-refractivity contribution in [2.24, 2.45) is 0 Å². The van der Waals surface area contributed by atoms with Crippen LogP contribution in [0.3, 0.4) is 0 Å². The molecule has 0 saturated heterocycles. The Kier molecular flexibility index (Phi) is 5.79. The molecule has 1 aromatic rings. The zero-order chi connectivity index (χ0) is 8.97. The SMILES string of the molecule is COc1ccc(OC(C)=O)cc1.[Na]. The molecule has 4 heteroatoms. The summed E-state index contributed by atoms with van der Waals surface area (Å²) in [6, 6.07) is 6.83. The van der Waals surface area contributed by atoms with Crippen molar-refractivity contribution in [3.8, 4) is 11.5 Å². The molecule has 13 heavy (non-hydrogen) atoms. The van der Waals surface area contributed by atoms with Crippen molar-refractivity contribution in [3.63, 3.8) is 0 Å². The van der Waals surface area contributed by atoms with Gasteiger partial charge in [-0.25, -0.2) is 0 Å². The van der Waals surface area contributed by atoms with Crippen LogP contribution in [-0.4, -0.2) is 42.6 Å². The molecule has 0 aliphatic rings. The third-order valence-electron chi connectivity index (χ3n) is 1.32. The molecule has 0 aromatic heterocycles. The molecule has 0 bridgehead atoms. The predicted octanol–water partition coefficient (Wildman–Crippen LogP) is 1.24. The van der Waals surface area contributed by atoms with E-state index in [-0.39, 0.29) is 35.5 Å². The molecular weight excluding hydrogens is 179 g/mol. The van der Waals surface area contributed by atoms with Crippen LogP contribution in [0.4, 0.5) is 0 Å². The van der Waals surface area contributed by atoms with Crippen molar-refractivity contribution in [1.82, 2.24) is 0 Å². The molecule has 0 saturated carbocycles. The molecule has 0 heterocycles. The first-order valence-corrected chi connectivity index (χ1v) is 3.55. The van der Waals surface area contributed by atoms with Crippen LogP contribution in [0.2, 0.25) is 0 Å². The molecule has 0 unspecified atom stereocenters. The van der Waals surface area contributed by atoms with Crippen LogP contribution in [0.25, 0.3) is 0 Å². The molecule has 0 aliphatic heterocycles. The quantitative estimate of drug-likeness (QED) is 0.399. The minimum absolute atomic E-state index is 0. The summed E-state index contributed by atoms with van der Waals surface area (Å²) < 4.78 is 9.75. The zero-order valence-corrected chi connectivity index (χ0v) is 10.0. The van der Waals surface area contributed by atoms with Gasteiger partial charge in [-0.3, -0.25) is 4.79 Å². The number of methoxy groups -OCH3 is 1. The zero-order valence-electron chi connectivity index (χ0n) is 8.03. The summed E-state index contributed by atoms with van der Waals surface area (Å²) in [6.45, 7) is 1.37. The predicted molar refractivity (Wildman–Crippen MR) is 50.1 cm³/mol. The van der Waals surface area contributed by atoms with E-state index < -0.39 is 0 Å². The van der Waals surface area contributed by atoms with Gasteiger partial charge in [0.25, 0.3) is 0 Å². The van der Waals surface area contributed by atoms with Gasteiger partial charge < -0.3 is 9.47 Å². The Morgan fingerprint density at radius 3 is 2.00 bits per heavy atom. The van der Waals surface area contributed by atoms with Gasteiger partial charge in [-0.1, -0.05) is 0 Å². The summed E-state index contributed by atoms with van der Waals surface area (Å²) in [5, 5.41) is 0. The monoisotopic (exact) mass is 189 g/mol. The van der Waals surface area contributed by atoms with Gasteiger partial charge in [0.2, 0.25) is 0 Å². The molecule has 0 aliphatic carbocycles. The molecule has 0 fully saturated rings. The van der Waals surface area contributed by atoms with E-state index in [0.717, 1.165) is 5.75 Å². The fourth-order valence-corrected chi connectivity index (χ4v) is 0.810. The second kappa shape index (κ2) is 6.02. The first-order chi connectivity index (χ1) is 5.72. The summed E-state index contributed by atoms with van der Waals surface area (Å²) in [6.07, 6.45) is 0. The minimum atomic E-state index is -0.319. The van der Waals surface area contributed by atoms with Gasteiger partial charge in [-0.2, -0.15) is 0 Å². The van der Waals surface area contributed by atoms with Crippen molar-refractivity contribution in [1.29, 1.82) is 0 Å². The van der Waals surface area contributed by atoms with Crippen molar-refractivity contribution in [3.05, 3.63) is 24.3 Å². The molecule has 1 aromatic carbocycles. The molecule has 3 nitrogen and oxygen atoms in total. The molecule has 0 N–H and O–H groups in total. The number of ether oxygens (including phenoxy) is 2. The standard InChI is InChI=1S/C9H10O3.Na/c1-7(10)12-9-5-3-8(11-2)4-6-9;/h3-6H,1-2H3;. The Morgan fingerprint density at radius 2 is 1.62 bits per heavy atom. The molecule has 65 valence electrons. The Labute approximate surface area is 99.3 Å². The van der Waals surface area contributed by atoms with Gasteiger partial charge in [0.05, 0.1) is 7.11 Å². The molecular formula is C9H10NaO3. The van der Waals surface area contributed by atoms with Crippen molar-refractivity contribution >= 4 is 35.5 Å². The normalized spacial score (nSPS) is 8.46. The number of carbonyl (C=O) groups is 1. The summed E-state index contributed by atoms with van der Waals surface area (Å²) in [7, 11) is 1.58. The van der Waals surface area contributed by atoms with Gasteiger partial charge in [-0.05, 0) is 24.3 Å². The smallest absolute Gasteiger partial charge is 0.308 e. The number of esters is 1. The fraction of sp³-hybridized carbons (Fsp3) is 0.222. The third-order valence-corrected chi connectivity index (χ3v) is 1.32. The summed E-state index contributed by atoms with van der Waals surface area (Å²) in [5.41, 5.74) is 0. The second-order valence-electron chi connectivity index (χ2n) is 2.27. The third kappa shape index (κ3) is 4.31. The molecule has 0 amide bonds. The largest absolute Gasteiger partial charge is 0.497 e. The average Bonchev–Trinajstić information content (AvgIpc) is 2.05. The second-order valence-corrected chi connectivity index (χ2v) is 2.27. The maximum Gasteiger partial charge on any atom is 0.308 e. The molecule has 0 spiro atoms. The van der Waals surface area contributed by atoms with E-state index in [1.54, 1.807) is 31.4 Å². The van der Waals surface area contributed by atoms with Crippen LogP contribution >= 0.6 is 0 Å². The molecule has 1 radical (unpaired) electrons. The van der Waals surface area contributed by atoms with Crippen LogP contribution in [0.1, 0.15) is 6.92 Å². The molecule has 1 rings (SSSR count). The first-order valence-electron chi connectivity index (χ1n) is 3.55. The van der Waals surface area contributed by atoms with E-state index in [1.165, 1.54) is 6.92 Å².